The topological polar surface area (TPSA) is 9.72 Å². The number of hydrogen-bond acceptors (Lipinski definition) is 3. The van der Waals surface area contributed by atoms with Gasteiger partial charge in [-0.2, -0.15) is 0 Å². The van der Waals surface area contributed by atoms with Gasteiger partial charge in [-0.15, -0.1) is 0 Å². The molecule has 0 saturated carbocycles. The second-order valence-electron chi connectivity index (χ2n) is 6.22. The lowest BCUT2D eigenvalue weighted by Gasteiger charge is -2.36. The Morgan fingerprint density at radius 1 is 0.800 bits per heavy atom. The van der Waals surface area contributed by atoms with E-state index in [1.807, 2.05) is 13.8 Å². The van der Waals surface area contributed by atoms with Crippen molar-refractivity contribution < 1.29 is 0 Å². The Hall–Kier alpha value is -0.120. The predicted molar refractivity (Wildman–Crippen MR) is 89.4 cm³/mol. The Morgan fingerprint density at radius 3 is 1.80 bits per heavy atom. The molecule has 2 saturated heterocycles. The molecule has 120 valence electrons. The van der Waals surface area contributed by atoms with Gasteiger partial charge in [-0.3, -0.25) is 0 Å². The number of piperidine rings is 1. The number of piperazine rings is 1. The summed E-state index contributed by atoms with van der Waals surface area (Å²) < 4.78 is 0. The van der Waals surface area contributed by atoms with Crippen molar-refractivity contribution in [1.29, 1.82) is 0 Å². The lowest BCUT2D eigenvalue weighted by atomic mass is 9.93. The highest BCUT2D eigenvalue weighted by Crippen LogP contribution is 2.20. The fourth-order valence-corrected chi connectivity index (χ4v) is 3.27. The van der Waals surface area contributed by atoms with Gasteiger partial charge in [0.2, 0.25) is 0 Å². The maximum absolute atomic E-state index is 2.68. The molecule has 0 aromatic rings. The van der Waals surface area contributed by atoms with E-state index in [2.05, 4.69) is 28.7 Å². The Balaban J connectivity index is 0.000000956. The number of likely N-dealkylation sites (tertiary alicyclic amines) is 1. The van der Waals surface area contributed by atoms with Gasteiger partial charge in [0.1, 0.15) is 0 Å². The third-order valence-corrected chi connectivity index (χ3v) is 4.70. The summed E-state index contributed by atoms with van der Waals surface area (Å²) in [6.45, 7) is 16.7. The highest BCUT2D eigenvalue weighted by atomic mass is 15.3. The Kier molecular flexibility index (Phi) is 9.49. The van der Waals surface area contributed by atoms with Crippen molar-refractivity contribution in [3.8, 4) is 0 Å². The van der Waals surface area contributed by atoms with Crippen molar-refractivity contribution in [2.24, 2.45) is 5.92 Å². The van der Waals surface area contributed by atoms with E-state index in [0.717, 1.165) is 5.92 Å². The molecule has 0 unspecified atom stereocenters. The van der Waals surface area contributed by atoms with Crippen LogP contribution in [0.4, 0.5) is 0 Å². The van der Waals surface area contributed by atoms with Gasteiger partial charge in [0, 0.05) is 26.2 Å². The third-order valence-electron chi connectivity index (χ3n) is 4.70. The van der Waals surface area contributed by atoms with Crippen LogP contribution in [0.2, 0.25) is 0 Å². The van der Waals surface area contributed by atoms with Crippen LogP contribution in [0.1, 0.15) is 46.5 Å². The van der Waals surface area contributed by atoms with Crippen LogP contribution in [0.5, 0.6) is 0 Å². The second-order valence-corrected chi connectivity index (χ2v) is 6.22. The summed E-state index contributed by atoms with van der Waals surface area (Å²) >= 11 is 0. The molecule has 0 spiro atoms. The Labute approximate surface area is 127 Å². The molecular weight excluding hydrogens is 246 g/mol. The number of rotatable bonds is 5. The van der Waals surface area contributed by atoms with Crippen LogP contribution in [0, 0.1) is 5.92 Å². The second kappa shape index (κ2) is 10.6. The van der Waals surface area contributed by atoms with E-state index in [-0.39, 0.29) is 0 Å². The summed E-state index contributed by atoms with van der Waals surface area (Å²) in [6, 6.07) is 0. The molecular formula is C17H37N3. The largest absolute Gasteiger partial charge is 0.306 e. The standard InChI is InChI=1S/C15H31N3.C2H6/c1-3-7-17-11-13-18(14-12-17)10-6-15-4-8-16(2)9-5-15;1-2/h15H,3-14H2,1-2H3;1-2H3. The van der Waals surface area contributed by atoms with Crippen molar-refractivity contribution >= 4 is 0 Å². The maximum atomic E-state index is 2.68. The molecule has 3 heteroatoms. The summed E-state index contributed by atoms with van der Waals surface area (Å²) in [5.74, 6) is 0.995. The molecule has 0 amide bonds. The van der Waals surface area contributed by atoms with Gasteiger partial charge in [-0.25, -0.2) is 0 Å². The molecule has 2 aliphatic rings. The molecule has 2 heterocycles. The molecule has 20 heavy (non-hydrogen) atoms. The number of nitrogens with zero attached hydrogens (tertiary/aromatic N) is 3. The van der Waals surface area contributed by atoms with E-state index < -0.39 is 0 Å². The minimum atomic E-state index is 0.995. The quantitative estimate of drug-likeness (QED) is 0.768. The summed E-state index contributed by atoms with van der Waals surface area (Å²) in [5.41, 5.74) is 0. The lowest BCUT2D eigenvalue weighted by molar-refractivity contribution is 0.119. The van der Waals surface area contributed by atoms with Crippen LogP contribution in [0.25, 0.3) is 0 Å². The van der Waals surface area contributed by atoms with E-state index in [9.17, 15) is 0 Å². The normalized spacial score (nSPS) is 23.4. The van der Waals surface area contributed by atoms with E-state index in [1.54, 1.807) is 0 Å². The first-order valence-electron chi connectivity index (χ1n) is 8.91. The molecule has 0 bridgehead atoms. The first-order valence-corrected chi connectivity index (χ1v) is 8.91. The molecule has 0 atom stereocenters. The Morgan fingerprint density at radius 2 is 1.30 bits per heavy atom. The molecule has 3 nitrogen and oxygen atoms in total. The highest BCUT2D eigenvalue weighted by molar-refractivity contribution is 4.75. The Bertz CT molecular complexity index is 216. The summed E-state index contributed by atoms with van der Waals surface area (Å²) in [7, 11) is 2.25. The first kappa shape index (κ1) is 17.9. The van der Waals surface area contributed by atoms with Gasteiger partial charge in [0.25, 0.3) is 0 Å². The molecule has 0 aromatic carbocycles. The zero-order chi connectivity index (χ0) is 14.8. The smallest absolute Gasteiger partial charge is 0.0110 e. The van der Waals surface area contributed by atoms with Gasteiger partial charge in [-0.1, -0.05) is 20.8 Å². The monoisotopic (exact) mass is 283 g/mol. The van der Waals surface area contributed by atoms with Gasteiger partial charge < -0.3 is 14.7 Å². The van der Waals surface area contributed by atoms with E-state index in [4.69, 9.17) is 0 Å². The average molecular weight is 284 g/mol. The minimum absolute atomic E-state index is 0.995. The van der Waals surface area contributed by atoms with Crippen molar-refractivity contribution in [2.45, 2.75) is 46.5 Å². The number of hydrogen-bond donors (Lipinski definition) is 0. The van der Waals surface area contributed by atoms with Crippen LogP contribution in [0.3, 0.4) is 0 Å². The molecule has 0 aliphatic carbocycles. The summed E-state index contributed by atoms with van der Waals surface area (Å²) in [6.07, 6.45) is 5.58. The maximum Gasteiger partial charge on any atom is 0.0110 e. The van der Waals surface area contributed by atoms with Crippen molar-refractivity contribution in [1.82, 2.24) is 14.7 Å². The van der Waals surface area contributed by atoms with Crippen LogP contribution < -0.4 is 0 Å². The van der Waals surface area contributed by atoms with Gasteiger partial charge in [0.05, 0.1) is 0 Å². The predicted octanol–water partition coefficient (Wildman–Crippen LogP) is 2.77. The van der Waals surface area contributed by atoms with E-state index in [1.165, 1.54) is 78.0 Å². The van der Waals surface area contributed by atoms with Crippen molar-refractivity contribution in [3.63, 3.8) is 0 Å². The van der Waals surface area contributed by atoms with Crippen LogP contribution in [-0.4, -0.2) is 74.1 Å². The SMILES string of the molecule is CC.CCCN1CCN(CCC2CCN(C)CC2)CC1. The first-order chi connectivity index (χ1) is 9.78. The van der Waals surface area contributed by atoms with Gasteiger partial charge in [0.15, 0.2) is 0 Å². The fourth-order valence-electron chi connectivity index (χ4n) is 3.27. The van der Waals surface area contributed by atoms with Crippen molar-refractivity contribution in [2.75, 3.05) is 59.4 Å². The van der Waals surface area contributed by atoms with E-state index >= 15 is 0 Å². The van der Waals surface area contributed by atoms with Crippen LogP contribution in [0.15, 0.2) is 0 Å². The van der Waals surface area contributed by atoms with E-state index in [0.29, 0.717) is 0 Å². The zero-order valence-corrected chi connectivity index (χ0v) is 14.4. The molecule has 2 aliphatic heterocycles. The third kappa shape index (κ3) is 6.55. The van der Waals surface area contributed by atoms with Crippen molar-refractivity contribution in [3.05, 3.63) is 0 Å². The summed E-state index contributed by atoms with van der Waals surface area (Å²) in [4.78, 5) is 7.77. The zero-order valence-electron chi connectivity index (χ0n) is 14.4. The van der Waals surface area contributed by atoms with Crippen LogP contribution >= 0.6 is 0 Å². The fraction of sp³-hybridized carbons (Fsp3) is 1.00. The average Bonchev–Trinajstić information content (AvgIpc) is 2.50. The molecule has 0 aromatic heterocycles. The lowest BCUT2D eigenvalue weighted by Crippen LogP contribution is -2.47. The molecule has 0 N–H and O–H groups in total. The molecule has 0 radical (unpaired) electrons. The van der Waals surface area contributed by atoms with Crippen LogP contribution in [-0.2, 0) is 0 Å². The molecule has 2 fully saturated rings. The highest BCUT2D eigenvalue weighted by Gasteiger charge is 2.19. The minimum Gasteiger partial charge on any atom is -0.306 e. The molecule has 2 rings (SSSR count). The van der Waals surface area contributed by atoms with Gasteiger partial charge >= 0.3 is 0 Å². The van der Waals surface area contributed by atoms with Gasteiger partial charge in [-0.05, 0) is 64.8 Å². The summed E-state index contributed by atoms with van der Waals surface area (Å²) in [5, 5.41) is 0.